The van der Waals surface area contributed by atoms with Crippen LogP contribution in [0.1, 0.15) is 45.4 Å². The highest BCUT2D eigenvalue weighted by Gasteiger charge is 2.45. The molecular weight excluding hydrogens is 258 g/mol. The highest BCUT2D eigenvalue weighted by atomic mass is 32.2. The smallest absolute Gasteiger partial charge is 0.0810 e. The van der Waals surface area contributed by atoms with E-state index in [1.54, 1.807) is 0 Å². The molecule has 1 aliphatic carbocycles. The molecule has 2 heterocycles. The molecule has 0 aromatic carbocycles. The second kappa shape index (κ2) is 5.55. The van der Waals surface area contributed by atoms with Crippen LogP contribution in [0.5, 0.6) is 0 Å². The van der Waals surface area contributed by atoms with Crippen molar-refractivity contribution in [1.29, 1.82) is 0 Å². The van der Waals surface area contributed by atoms with Crippen molar-refractivity contribution in [3.05, 3.63) is 0 Å². The van der Waals surface area contributed by atoms with Crippen LogP contribution >= 0.6 is 11.8 Å². The van der Waals surface area contributed by atoms with Gasteiger partial charge in [-0.2, -0.15) is 11.8 Å². The van der Waals surface area contributed by atoms with Crippen LogP contribution in [0.4, 0.5) is 0 Å². The van der Waals surface area contributed by atoms with Crippen molar-refractivity contribution < 1.29 is 9.47 Å². The fourth-order valence-corrected chi connectivity index (χ4v) is 5.37. The van der Waals surface area contributed by atoms with Crippen molar-refractivity contribution in [2.45, 2.75) is 62.8 Å². The molecule has 3 aliphatic rings. The van der Waals surface area contributed by atoms with Crippen LogP contribution in [0.15, 0.2) is 0 Å². The van der Waals surface area contributed by atoms with E-state index in [0.29, 0.717) is 12.6 Å². The second-order valence-corrected chi connectivity index (χ2v) is 7.91. The summed E-state index contributed by atoms with van der Waals surface area (Å²) in [6.45, 7) is 3.86. The monoisotopic (exact) mass is 285 g/mol. The zero-order valence-corrected chi connectivity index (χ0v) is 12.8. The number of thioether (sulfide) groups is 1. The molecule has 0 aromatic rings. The molecule has 3 rings (SSSR count). The minimum Gasteiger partial charge on any atom is -0.374 e. The number of ether oxygens (including phenoxy) is 2. The molecule has 0 amide bonds. The predicted octanol–water partition coefficient (Wildman–Crippen LogP) is 2.58. The van der Waals surface area contributed by atoms with Gasteiger partial charge >= 0.3 is 0 Å². The first-order chi connectivity index (χ1) is 9.15. The third kappa shape index (κ3) is 2.97. The molecule has 0 radical (unpaired) electrons. The van der Waals surface area contributed by atoms with E-state index in [4.69, 9.17) is 15.2 Å². The lowest BCUT2D eigenvalue weighted by molar-refractivity contribution is -0.164. The van der Waals surface area contributed by atoms with Crippen LogP contribution < -0.4 is 5.73 Å². The molecule has 2 N–H and O–H groups in total. The first kappa shape index (κ1) is 14.2. The van der Waals surface area contributed by atoms with Crippen LogP contribution in [-0.4, -0.2) is 42.0 Å². The molecule has 4 atom stereocenters. The first-order valence-electron chi connectivity index (χ1n) is 7.75. The predicted molar refractivity (Wildman–Crippen MR) is 79.5 cm³/mol. The van der Waals surface area contributed by atoms with Gasteiger partial charge in [-0.3, -0.25) is 0 Å². The lowest BCUT2D eigenvalue weighted by Crippen LogP contribution is -2.48. The van der Waals surface area contributed by atoms with Gasteiger partial charge in [0.05, 0.1) is 17.3 Å². The Morgan fingerprint density at radius 2 is 2.21 bits per heavy atom. The Morgan fingerprint density at radius 3 is 2.84 bits per heavy atom. The van der Waals surface area contributed by atoms with Gasteiger partial charge in [-0.1, -0.05) is 6.92 Å². The van der Waals surface area contributed by atoms with Gasteiger partial charge in [0.1, 0.15) is 0 Å². The van der Waals surface area contributed by atoms with E-state index in [1.165, 1.54) is 18.6 Å². The normalized spacial score (nSPS) is 47.1. The largest absolute Gasteiger partial charge is 0.374 e. The molecule has 3 fully saturated rings. The summed E-state index contributed by atoms with van der Waals surface area (Å²) in [5, 5.41) is 0. The average Bonchev–Trinajstić information content (AvgIpc) is 2.98. The number of rotatable bonds is 3. The minimum absolute atomic E-state index is 0.0334. The second-order valence-electron chi connectivity index (χ2n) is 6.80. The van der Waals surface area contributed by atoms with E-state index in [0.717, 1.165) is 44.0 Å². The lowest BCUT2D eigenvalue weighted by atomic mass is 9.90. The van der Waals surface area contributed by atoms with Gasteiger partial charge in [-0.25, -0.2) is 0 Å². The Bertz CT molecular complexity index is 319. The summed E-state index contributed by atoms with van der Waals surface area (Å²) in [4.78, 5) is 0. The van der Waals surface area contributed by atoms with Gasteiger partial charge in [-0.05, 0) is 43.8 Å². The van der Waals surface area contributed by atoms with Gasteiger partial charge in [0.15, 0.2) is 0 Å². The summed E-state index contributed by atoms with van der Waals surface area (Å²) in [6, 6.07) is 0. The van der Waals surface area contributed by atoms with E-state index >= 15 is 0 Å². The molecule has 2 aliphatic heterocycles. The molecule has 4 heteroatoms. The van der Waals surface area contributed by atoms with Crippen molar-refractivity contribution in [2.24, 2.45) is 11.7 Å². The van der Waals surface area contributed by atoms with Gasteiger partial charge in [0, 0.05) is 25.3 Å². The molecule has 3 nitrogen and oxygen atoms in total. The molecule has 1 saturated carbocycles. The standard InChI is InChI=1S/C15H27NO2S/c1-12-2-4-14(8-12,10-16)18-13-3-6-17-15(9-13)5-7-19-11-15/h12-13H,2-11,16H2,1H3. The van der Waals surface area contributed by atoms with E-state index in [-0.39, 0.29) is 11.2 Å². The van der Waals surface area contributed by atoms with Crippen molar-refractivity contribution in [2.75, 3.05) is 24.7 Å². The fourth-order valence-electron chi connectivity index (χ4n) is 3.99. The maximum Gasteiger partial charge on any atom is 0.0810 e. The number of hydrogen-bond donors (Lipinski definition) is 1. The molecule has 2 saturated heterocycles. The molecule has 110 valence electrons. The van der Waals surface area contributed by atoms with Gasteiger partial charge in [-0.15, -0.1) is 0 Å². The fraction of sp³-hybridized carbons (Fsp3) is 1.00. The summed E-state index contributed by atoms with van der Waals surface area (Å²) in [7, 11) is 0. The van der Waals surface area contributed by atoms with Crippen LogP contribution in [0.2, 0.25) is 0 Å². The third-order valence-corrected chi connectivity index (χ3v) is 6.34. The van der Waals surface area contributed by atoms with Crippen LogP contribution in [-0.2, 0) is 9.47 Å². The summed E-state index contributed by atoms with van der Waals surface area (Å²) < 4.78 is 12.6. The highest BCUT2D eigenvalue weighted by molar-refractivity contribution is 7.99. The molecular formula is C15H27NO2S. The van der Waals surface area contributed by atoms with E-state index in [9.17, 15) is 0 Å². The molecule has 0 bridgehead atoms. The summed E-state index contributed by atoms with van der Waals surface area (Å²) >= 11 is 2.02. The van der Waals surface area contributed by atoms with Crippen molar-refractivity contribution in [3.63, 3.8) is 0 Å². The van der Waals surface area contributed by atoms with Crippen molar-refractivity contribution in [1.82, 2.24) is 0 Å². The van der Waals surface area contributed by atoms with Gasteiger partial charge in [0.2, 0.25) is 0 Å². The number of nitrogens with two attached hydrogens (primary N) is 1. The third-order valence-electron chi connectivity index (χ3n) is 5.12. The molecule has 0 aromatic heterocycles. The van der Waals surface area contributed by atoms with Crippen molar-refractivity contribution in [3.8, 4) is 0 Å². The van der Waals surface area contributed by atoms with Crippen LogP contribution in [0.25, 0.3) is 0 Å². The Kier molecular flexibility index (Phi) is 4.14. The maximum atomic E-state index is 6.53. The van der Waals surface area contributed by atoms with Crippen molar-refractivity contribution >= 4 is 11.8 Å². The Hall–Kier alpha value is 0.230. The summed E-state index contributed by atoms with van der Waals surface area (Å²) in [6.07, 6.45) is 7.23. The van der Waals surface area contributed by atoms with Gasteiger partial charge in [0.25, 0.3) is 0 Å². The summed E-state index contributed by atoms with van der Waals surface area (Å²) in [5.41, 5.74) is 6.12. The average molecular weight is 285 g/mol. The Labute approximate surface area is 121 Å². The van der Waals surface area contributed by atoms with E-state index < -0.39 is 0 Å². The SMILES string of the molecule is CC1CCC(CN)(OC2CCOC3(CCSC3)C2)C1. The summed E-state index contributed by atoms with van der Waals surface area (Å²) in [5.74, 6) is 3.16. The maximum absolute atomic E-state index is 6.53. The van der Waals surface area contributed by atoms with E-state index in [2.05, 4.69) is 6.92 Å². The zero-order valence-electron chi connectivity index (χ0n) is 12.0. The van der Waals surface area contributed by atoms with Crippen LogP contribution in [0, 0.1) is 5.92 Å². The lowest BCUT2D eigenvalue weighted by Gasteiger charge is -2.41. The number of hydrogen-bond acceptors (Lipinski definition) is 4. The molecule has 19 heavy (non-hydrogen) atoms. The zero-order chi connectivity index (χ0) is 13.3. The Balaban J connectivity index is 1.62. The molecule has 1 spiro atoms. The highest BCUT2D eigenvalue weighted by Crippen LogP contribution is 2.43. The minimum atomic E-state index is -0.0334. The first-order valence-corrected chi connectivity index (χ1v) is 8.90. The van der Waals surface area contributed by atoms with E-state index in [1.807, 2.05) is 11.8 Å². The van der Waals surface area contributed by atoms with Gasteiger partial charge < -0.3 is 15.2 Å². The van der Waals surface area contributed by atoms with Crippen LogP contribution in [0.3, 0.4) is 0 Å². The molecule has 4 unspecified atom stereocenters. The quantitative estimate of drug-likeness (QED) is 0.865. The topological polar surface area (TPSA) is 44.5 Å². The Morgan fingerprint density at radius 1 is 1.32 bits per heavy atom.